The molecular weight excluding hydrogens is 374 g/mol. The summed E-state index contributed by atoms with van der Waals surface area (Å²) in [6, 6.07) is 13.6. The zero-order valence-corrected chi connectivity index (χ0v) is 16.5. The maximum atomic E-state index is 12.8. The number of halogens is 1. The molecule has 1 unspecified atom stereocenters. The van der Waals surface area contributed by atoms with Gasteiger partial charge in [-0.05, 0) is 36.8 Å². The first-order valence-electron chi connectivity index (χ1n) is 9.37. The number of rotatable bonds is 4. The zero-order chi connectivity index (χ0) is 19.5. The number of carbonyl (C=O) groups is 1. The quantitative estimate of drug-likeness (QED) is 0.679. The van der Waals surface area contributed by atoms with Crippen molar-refractivity contribution in [2.75, 3.05) is 26.2 Å². The van der Waals surface area contributed by atoms with Crippen molar-refractivity contribution in [3.63, 3.8) is 0 Å². The SMILES string of the molecule is CC(c1ccccc1Cl)N1CCN(C(=O)c2ccc(-n3cccn3)nc2)CC1. The van der Waals surface area contributed by atoms with Crippen LogP contribution in [-0.2, 0) is 0 Å². The van der Waals surface area contributed by atoms with Gasteiger partial charge in [0.05, 0.1) is 5.56 Å². The van der Waals surface area contributed by atoms with Crippen molar-refractivity contribution in [2.24, 2.45) is 0 Å². The van der Waals surface area contributed by atoms with Crippen LogP contribution in [0.2, 0.25) is 5.02 Å². The van der Waals surface area contributed by atoms with Gasteiger partial charge >= 0.3 is 0 Å². The Morgan fingerprint density at radius 2 is 1.86 bits per heavy atom. The number of piperazine rings is 1. The largest absolute Gasteiger partial charge is 0.336 e. The maximum absolute atomic E-state index is 12.8. The van der Waals surface area contributed by atoms with Gasteiger partial charge in [-0.15, -0.1) is 0 Å². The van der Waals surface area contributed by atoms with Gasteiger partial charge in [-0.2, -0.15) is 5.10 Å². The first-order valence-corrected chi connectivity index (χ1v) is 9.75. The van der Waals surface area contributed by atoms with Crippen molar-refractivity contribution in [1.29, 1.82) is 0 Å². The zero-order valence-electron chi connectivity index (χ0n) is 15.7. The summed E-state index contributed by atoms with van der Waals surface area (Å²) >= 11 is 6.34. The molecule has 1 aromatic carbocycles. The Morgan fingerprint density at radius 3 is 2.50 bits per heavy atom. The van der Waals surface area contributed by atoms with Gasteiger partial charge in [-0.3, -0.25) is 9.69 Å². The number of aromatic nitrogens is 3. The van der Waals surface area contributed by atoms with Gasteiger partial charge < -0.3 is 4.90 Å². The molecule has 1 atom stereocenters. The van der Waals surface area contributed by atoms with E-state index in [1.54, 1.807) is 17.1 Å². The van der Waals surface area contributed by atoms with E-state index in [0.29, 0.717) is 24.5 Å². The summed E-state index contributed by atoms with van der Waals surface area (Å²) in [6.45, 7) is 5.17. The van der Waals surface area contributed by atoms with E-state index in [0.717, 1.165) is 23.7 Å². The van der Waals surface area contributed by atoms with Crippen molar-refractivity contribution in [3.8, 4) is 5.82 Å². The highest BCUT2D eigenvalue weighted by molar-refractivity contribution is 6.31. The molecule has 0 saturated carbocycles. The number of hydrogen-bond donors (Lipinski definition) is 0. The fourth-order valence-electron chi connectivity index (χ4n) is 3.56. The number of pyridine rings is 1. The van der Waals surface area contributed by atoms with Crippen molar-refractivity contribution >= 4 is 17.5 Å². The topological polar surface area (TPSA) is 54.3 Å². The van der Waals surface area contributed by atoms with E-state index in [1.807, 2.05) is 47.5 Å². The molecule has 0 aliphatic carbocycles. The average Bonchev–Trinajstić information content (AvgIpc) is 3.28. The van der Waals surface area contributed by atoms with Crippen LogP contribution in [0, 0.1) is 0 Å². The second-order valence-corrected chi connectivity index (χ2v) is 7.29. The molecule has 28 heavy (non-hydrogen) atoms. The summed E-state index contributed by atoms with van der Waals surface area (Å²) in [6.07, 6.45) is 5.14. The van der Waals surface area contributed by atoms with Crippen molar-refractivity contribution in [3.05, 3.63) is 77.2 Å². The molecular formula is C21H22ClN5O. The van der Waals surface area contributed by atoms with E-state index in [2.05, 4.69) is 28.0 Å². The highest BCUT2D eigenvalue weighted by atomic mass is 35.5. The number of hydrogen-bond acceptors (Lipinski definition) is 4. The normalized spacial score (nSPS) is 16.1. The molecule has 0 spiro atoms. The fraction of sp³-hybridized carbons (Fsp3) is 0.286. The van der Waals surface area contributed by atoms with E-state index in [-0.39, 0.29) is 11.9 Å². The summed E-state index contributed by atoms with van der Waals surface area (Å²) in [7, 11) is 0. The molecule has 0 N–H and O–H groups in total. The Morgan fingerprint density at radius 1 is 1.07 bits per heavy atom. The molecule has 0 radical (unpaired) electrons. The van der Waals surface area contributed by atoms with Crippen LogP contribution in [-0.4, -0.2) is 56.7 Å². The molecule has 0 bridgehead atoms. The smallest absolute Gasteiger partial charge is 0.255 e. The maximum Gasteiger partial charge on any atom is 0.255 e. The third kappa shape index (κ3) is 3.79. The van der Waals surface area contributed by atoms with Crippen LogP contribution < -0.4 is 0 Å². The second-order valence-electron chi connectivity index (χ2n) is 6.88. The standard InChI is InChI=1S/C21H22ClN5O/c1-16(18-5-2-3-6-19(18)22)25-11-13-26(14-12-25)21(28)17-7-8-20(23-15-17)27-10-4-9-24-27/h2-10,15-16H,11-14H2,1H3. The van der Waals surface area contributed by atoms with Gasteiger partial charge in [0.1, 0.15) is 0 Å². The van der Waals surface area contributed by atoms with Crippen LogP contribution in [0.1, 0.15) is 28.9 Å². The third-order valence-electron chi connectivity index (χ3n) is 5.24. The first kappa shape index (κ1) is 18.7. The average molecular weight is 396 g/mol. The summed E-state index contributed by atoms with van der Waals surface area (Å²) in [5.41, 5.74) is 1.73. The molecule has 4 rings (SSSR count). The summed E-state index contributed by atoms with van der Waals surface area (Å²) < 4.78 is 1.67. The Bertz CT molecular complexity index is 934. The lowest BCUT2D eigenvalue weighted by Gasteiger charge is -2.38. The van der Waals surface area contributed by atoms with E-state index < -0.39 is 0 Å². The second kappa shape index (κ2) is 8.12. The molecule has 1 saturated heterocycles. The molecule has 7 heteroatoms. The molecule has 3 aromatic rings. The van der Waals surface area contributed by atoms with Crippen molar-refractivity contribution < 1.29 is 4.79 Å². The number of amides is 1. The van der Waals surface area contributed by atoms with Gasteiger partial charge in [-0.1, -0.05) is 29.8 Å². The van der Waals surface area contributed by atoms with E-state index >= 15 is 0 Å². The van der Waals surface area contributed by atoms with Gasteiger partial charge in [0.25, 0.3) is 5.91 Å². The minimum absolute atomic E-state index is 0.0181. The van der Waals surface area contributed by atoms with Crippen LogP contribution in [0.25, 0.3) is 5.82 Å². The van der Waals surface area contributed by atoms with Crippen LogP contribution in [0.4, 0.5) is 0 Å². The van der Waals surface area contributed by atoms with Crippen molar-refractivity contribution in [1.82, 2.24) is 24.6 Å². The number of carbonyl (C=O) groups excluding carboxylic acids is 1. The lowest BCUT2D eigenvalue weighted by Crippen LogP contribution is -2.49. The van der Waals surface area contributed by atoms with Crippen LogP contribution in [0.15, 0.2) is 61.1 Å². The molecule has 1 aliphatic heterocycles. The Balaban J connectivity index is 1.38. The van der Waals surface area contributed by atoms with Gasteiger partial charge in [0.15, 0.2) is 5.82 Å². The summed E-state index contributed by atoms with van der Waals surface area (Å²) in [5, 5.41) is 4.94. The molecule has 1 aliphatic rings. The Kier molecular flexibility index (Phi) is 5.41. The lowest BCUT2D eigenvalue weighted by molar-refractivity contribution is 0.0582. The highest BCUT2D eigenvalue weighted by Crippen LogP contribution is 2.28. The minimum atomic E-state index is 0.0181. The number of benzene rings is 1. The van der Waals surface area contributed by atoms with Gasteiger partial charge in [0, 0.05) is 55.8 Å². The predicted octanol–water partition coefficient (Wildman–Crippen LogP) is 3.44. The molecule has 144 valence electrons. The van der Waals surface area contributed by atoms with Gasteiger partial charge in [-0.25, -0.2) is 9.67 Å². The number of nitrogens with zero attached hydrogens (tertiary/aromatic N) is 5. The molecule has 1 amide bonds. The first-order chi connectivity index (χ1) is 13.6. The summed E-state index contributed by atoms with van der Waals surface area (Å²) in [5.74, 6) is 0.712. The molecule has 2 aromatic heterocycles. The lowest BCUT2D eigenvalue weighted by atomic mass is 10.1. The molecule has 3 heterocycles. The van der Waals surface area contributed by atoms with E-state index in [1.165, 1.54) is 0 Å². The van der Waals surface area contributed by atoms with Crippen LogP contribution in [0.3, 0.4) is 0 Å². The van der Waals surface area contributed by atoms with Crippen molar-refractivity contribution in [2.45, 2.75) is 13.0 Å². The van der Waals surface area contributed by atoms with E-state index in [9.17, 15) is 4.79 Å². The monoisotopic (exact) mass is 395 g/mol. The molecule has 6 nitrogen and oxygen atoms in total. The highest BCUT2D eigenvalue weighted by Gasteiger charge is 2.26. The minimum Gasteiger partial charge on any atom is -0.336 e. The Hall–Kier alpha value is -2.70. The third-order valence-corrected chi connectivity index (χ3v) is 5.58. The Labute approximate surface area is 169 Å². The van der Waals surface area contributed by atoms with Crippen LogP contribution in [0.5, 0.6) is 0 Å². The summed E-state index contributed by atoms with van der Waals surface area (Å²) in [4.78, 5) is 21.4. The fourth-order valence-corrected chi connectivity index (χ4v) is 3.85. The van der Waals surface area contributed by atoms with Gasteiger partial charge in [0.2, 0.25) is 0 Å². The van der Waals surface area contributed by atoms with Crippen LogP contribution >= 0.6 is 11.6 Å². The predicted molar refractivity (Wildman–Crippen MR) is 109 cm³/mol. The molecule has 1 fully saturated rings. The van der Waals surface area contributed by atoms with E-state index in [4.69, 9.17) is 11.6 Å².